The minimum Gasteiger partial charge on any atom is -0.491 e. The standard InChI is InChI=1S/C21H22N6O4/c1-29-7-8-30-16-10-13(17-12-23-18(25-17)3-2-6-22)9-14(11-16)19-26-21(31-27-19)20(28)24-15-4-5-15/h2-3,6,9-12,15,22H,4-5,7-8H2,1H3,(H,23,25)(H,24,28)/b3-2-,22-6?. The summed E-state index contributed by atoms with van der Waals surface area (Å²) in [5.74, 6) is 1.04. The van der Waals surface area contributed by atoms with Crippen molar-refractivity contribution in [3.63, 3.8) is 0 Å². The molecule has 1 saturated carbocycles. The predicted molar refractivity (Wildman–Crippen MR) is 113 cm³/mol. The number of ether oxygens (including phenoxy) is 2. The van der Waals surface area contributed by atoms with Crippen LogP contribution in [0, 0.1) is 5.41 Å². The summed E-state index contributed by atoms with van der Waals surface area (Å²) < 4.78 is 16.0. The molecule has 31 heavy (non-hydrogen) atoms. The fraction of sp³-hybridized carbons (Fsp3) is 0.286. The first-order valence-corrected chi connectivity index (χ1v) is 9.80. The third kappa shape index (κ3) is 5.23. The number of hydrogen-bond acceptors (Lipinski definition) is 8. The zero-order valence-corrected chi connectivity index (χ0v) is 16.9. The Hall–Kier alpha value is -3.79. The lowest BCUT2D eigenvalue weighted by molar-refractivity contribution is 0.0907. The van der Waals surface area contributed by atoms with Gasteiger partial charge in [0.05, 0.1) is 18.5 Å². The van der Waals surface area contributed by atoms with E-state index in [1.54, 1.807) is 31.5 Å². The number of aromatic nitrogens is 4. The van der Waals surface area contributed by atoms with Gasteiger partial charge < -0.3 is 29.7 Å². The smallest absolute Gasteiger partial charge is 0.316 e. The first-order valence-electron chi connectivity index (χ1n) is 9.80. The van der Waals surface area contributed by atoms with Gasteiger partial charge >= 0.3 is 11.8 Å². The van der Waals surface area contributed by atoms with Crippen molar-refractivity contribution in [2.24, 2.45) is 0 Å². The molecule has 1 amide bonds. The molecule has 2 heterocycles. The van der Waals surface area contributed by atoms with Gasteiger partial charge in [-0.25, -0.2) is 4.98 Å². The van der Waals surface area contributed by atoms with E-state index < -0.39 is 0 Å². The van der Waals surface area contributed by atoms with Crippen molar-refractivity contribution in [1.29, 1.82) is 5.41 Å². The lowest BCUT2D eigenvalue weighted by Crippen LogP contribution is -2.25. The van der Waals surface area contributed by atoms with E-state index in [4.69, 9.17) is 19.4 Å². The van der Waals surface area contributed by atoms with Gasteiger partial charge in [0.25, 0.3) is 0 Å². The van der Waals surface area contributed by atoms with Gasteiger partial charge in [-0.3, -0.25) is 4.79 Å². The number of carbonyl (C=O) groups excluding carboxylic acids is 1. The molecule has 0 spiro atoms. The van der Waals surface area contributed by atoms with Crippen molar-refractivity contribution in [3.05, 3.63) is 42.2 Å². The maximum absolute atomic E-state index is 12.2. The Kier molecular flexibility index (Phi) is 6.18. The zero-order valence-electron chi connectivity index (χ0n) is 16.9. The molecule has 0 unspecified atom stereocenters. The molecule has 10 nitrogen and oxygen atoms in total. The predicted octanol–water partition coefficient (Wildman–Crippen LogP) is 2.71. The Morgan fingerprint density at radius 1 is 1.32 bits per heavy atom. The van der Waals surface area contributed by atoms with Crippen LogP contribution in [0.3, 0.4) is 0 Å². The monoisotopic (exact) mass is 422 g/mol. The molecule has 1 fully saturated rings. The number of carbonyl (C=O) groups is 1. The van der Waals surface area contributed by atoms with E-state index in [-0.39, 0.29) is 23.7 Å². The van der Waals surface area contributed by atoms with Crippen LogP contribution in [0.2, 0.25) is 0 Å². The van der Waals surface area contributed by atoms with Gasteiger partial charge in [0, 0.05) is 30.5 Å². The van der Waals surface area contributed by atoms with Crippen molar-refractivity contribution in [1.82, 2.24) is 25.4 Å². The minimum absolute atomic E-state index is 0.0743. The average molecular weight is 422 g/mol. The molecule has 3 aromatic rings. The van der Waals surface area contributed by atoms with Crippen LogP contribution in [0.5, 0.6) is 5.75 Å². The summed E-state index contributed by atoms with van der Waals surface area (Å²) in [5.41, 5.74) is 2.17. The van der Waals surface area contributed by atoms with E-state index in [1.165, 1.54) is 6.21 Å². The lowest BCUT2D eigenvalue weighted by atomic mass is 10.1. The molecular weight excluding hydrogens is 400 g/mol. The number of aromatic amines is 1. The van der Waals surface area contributed by atoms with Crippen LogP contribution in [-0.2, 0) is 4.74 Å². The number of benzene rings is 1. The maximum Gasteiger partial charge on any atom is 0.316 e. The molecule has 0 radical (unpaired) electrons. The Morgan fingerprint density at radius 2 is 2.16 bits per heavy atom. The number of methoxy groups -OCH3 is 1. The maximum atomic E-state index is 12.2. The summed E-state index contributed by atoms with van der Waals surface area (Å²) in [4.78, 5) is 23.9. The van der Waals surface area contributed by atoms with Crippen molar-refractivity contribution in [3.8, 4) is 28.4 Å². The molecule has 2 aromatic heterocycles. The highest BCUT2D eigenvalue weighted by molar-refractivity contribution is 5.90. The van der Waals surface area contributed by atoms with Crippen LogP contribution in [-0.4, -0.2) is 58.6 Å². The molecule has 10 heteroatoms. The SMILES string of the molecule is COCCOc1cc(-c2noc(C(=O)NC3CC3)n2)cc(-c2cnc(/C=C\C=N)[nH]2)c1. The van der Waals surface area contributed by atoms with E-state index in [2.05, 4.69) is 25.4 Å². The van der Waals surface area contributed by atoms with E-state index >= 15 is 0 Å². The molecular formula is C21H22N6O4. The fourth-order valence-electron chi connectivity index (χ4n) is 2.82. The number of rotatable bonds is 10. The molecule has 4 rings (SSSR count). The van der Waals surface area contributed by atoms with Gasteiger partial charge in [-0.05, 0) is 43.2 Å². The van der Waals surface area contributed by atoms with Gasteiger partial charge in [-0.15, -0.1) is 0 Å². The topological polar surface area (TPSA) is 139 Å². The molecule has 1 aliphatic carbocycles. The number of H-pyrrole nitrogens is 1. The van der Waals surface area contributed by atoms with E-state index in [0.717, 1.165) is 24.1 Å². The Labute approximate surface area is 178 Å². The zero-order chi connectivity index (χ0) is 21.6. The number of nitrogens with one attached hydrogen (secondary N) is 3. The summed E-state index contributed by atoms with van der Waals surface area (Å²) in [6, 6.07) is 5.69. The van der Waals surface area contributed by atoms with Gasteiger partial charge in [0.2, 0.25) is 5.82 Å². The Bertz CT molecular complexity index is 1100. The van der Waals surface area contributed by atoms with Crippen LogP contribution in [0.4, 0.5) is 0 Å². The summed E-state index contributed by atoms with van der Waals surface area (Å²) in [5, 5.41) is 13.9. The second-order valence-corrected chi connectivity index (χ2v) is 6.97. The molecule has 0 aliphatic heterocycles. The Morgan fingerprint density at radius 3 is 2.94 bits per heavy atom. The van der Waals surface area contributed by atoms with Crippen LogP contribution < -0.4 is 10.1 Å². The number of amides is 1. The van der Waals surface area contributed by atoms with Crippen LogP contribution >= 0.6 is 0 Å². The van der Waals surface area contributed by atoms with Crippen molar-refractivity contribution in [2.45, 2.75) is 18.9 Å². The van der Waals surface area contributed by atoms with Gasteiger partial charge in [0.15, 0.2) is 0 Å². The number of hydrogen-bond donors (Lipinski definition) is 3. The molecule has 0 bridgehead atoms. The highest BCUT2D eigenvalue weighted by Crippen LogP contribution is 2.30. The van der Waals surface area contributed by atoms with E-state index in [0.29, 0.717) is 30.4 Å². The van der Waals surface area contributed by atoms with E-state index in [9.17, 15) is 4.79 Å². The number of nitrogens with zero attached hydrogens (tertiary/aromatic N) is 3. The summed E-state index contributed by atoms with van der Waals surface area (Å²) in [6.45, 7) is 0.812. The average Bonchev–Trinajstić information content (AvgIpc) is 3.27. The molecule has 160 valence electrons. The molecule has 0 saturated heterocycles. The number of allylic oxidation sites excluding steroid dienone is 1. The second-order valence-electron chi connectivity index (χ2n) is 6.97. The third-order valence-corrected chi connectivity index (χ3v) is 4.51. The lowest BCUT2D eigenvalue weighted by Gasteiger charge is -2.09. The van der Waals surface area contributed by atoms with Crippen molar-refractivity contribution < 1.29 is 18.8 Å². The van der Waals surface area contributed by atoms with E-state index in [1.807, 2.05) is 12.1 Å². The van der Waals surface area contributed by atoms with Gasteiger partial charge in [-0.1, -0.05) is 5.16 Å². The summed E-state index contributed by atoms with van der Waals surface area (Å²) in [6.07, 6.45) is 8.08. The molecule has 1 aromatic carbocycles. The van der Waals surface area contributed by atoms with Crippen LogP contribution in [0.15, 0.2) is 35.0 Å². The van der Waals surface area contributed by atoms with Crippen LogP contribution in [0.25, 0.3) is 28.7 Å². The first-order chi connectivity index (χ1) is 15.2. The fourth-order valence-corrected chi connectivity index (χ4v) is 2.82. The van der Waals surface area contributed by atoms with Crippen LogP contribution in [0.1, 0.15) is 29.4 Å². The highest BCUT2D eigenvalue weighted by atomic mass is 16.5. The first kappa shape index (κ1) is 20.5. The van der Waals surface area contributed by atoms with Crippen molar-refractivity contribution in [2.75, 3.05) is 20.3 Å². The van der Waals surface area contributed by atoms with Gasteiger partial charge in [-0.2, -0.15) is 4.98 Å². The number of imidazole rings is 1. The molecule has 0 atom stereocenters. The molecule has 3 N–H and O–H groups in total. The minimum atomic E-state index is -0.370. The summed E-state index contributed by atoms with van der Waals surface area (Å²) in [7, 11) is 1.60. The normalized spacial score (nSPS) is 13.5. The molecule has 1 aliphatic rings. The summed E-state index contributed by atoms with van der Waals surface area (Å²) >= 11 is 0. The largest absolute Gasteiger partial charge is 0.491 e. The Balaban J connectivity index is 1.63. The second kappa shape index (κ2) is 9.35. The highest BCUT2D eigenvalue weighted by Gasteiger charge is 2.26. The van der Waals surface area contributed by atoms with Crippen molar-refractivity contribution >= 4 is 18.2 Å². The third-order valence-electron chi connectivity index (χ3n) is 4.51. The quantitative estimate of drug-likeness (QED) is 0.337. The van der Waals surface area contributed by atoms with Gasteiger partial charge in [0.1, 0.15) is 18.2 Å².